The second-order valence-corrected chi connectivity index (χ2v) is 3.61. The molecule has 0 bridgehead atoms. The predicted octanol–water partition coefficient (Wildman–Crippen LogP) is 0.677. The van der Waals surface area contributed by atoms with Crippen LogP contribution < -0.4 is 0 Å². The van der Waals surface area contributed by atoms with Crippen LogP contribution in [0.5, 0.6) is 0 Å². The number of hydrogen-bond acceptors (Lipinski definition) is 4. The average Bonchev–Trinajstić information content (AvgIpc) is 2.66. The summed E-state index contributed by atoms with van der Waals surface area (Å²) >= 11 is 0. The zero-order valence-corrected chi connectivity index (χ0v) is 8.77. The molecule has 1 rings (SSSR count). The standard InChI is InChI=1S/C10H16O5/c1-2-15-10(13)8(9(11)12)5-7-3-4-14-6-7/h7-8H,2-6H2,1H3,(H,11,12). The monoisotopic (exact) mass is 216 g/mol. The van der Waals surface area contributed by atoms with Crippen molar-refractivity contribution in [3.05, 3.63) is 0 Å². The average molecular weight is 216 g/mol. The Morgan fingerprint density at radius 1 is 1.60 bits per heavy atom. The van der Waals surface area contributed by atoms with Crippen LogP contribution in [-0.4, -0.2) is 36.9 Å². The summed E-state index contributed by atoms with van der Waals surface area (Å²) in [4.78, 5) is 22.2. The van der Waals surface area contributed by atoms with E-state index in [2.05, 4.69) is 0 Å². The fraction of sp³-hybridized carbons (Fsp3) is 0.800. The fourth-order valence-electron chi connectivity index (χ4n) is 1.64. The van der Waals surface area contributed by atoms with Gasteiger partial charge in [-0.05, 0) is 25.7 Å². The predicted molar refractivity (Wildman–Crippen MR) is 51.3 cm³/mol. The second-order valence-electron chi connectivity index (χ2n) is 3.61. The number of carbonyl (C=O) groups is 2. The Morgan fingerprint density at radius 3 is 2.80 bits per heavy atom. The van der Waals surface area contributed by atoms with Crippen LogP contribution in [0.1, 0.15) is 19.8 Å². The summed E-state index contributed by atoms with van der Waals surface area (Å²) in [5.41, 5.74) is 0. The third-order valence-electron chi connectivity index (χ3n) is 2.46. The van der Waals surface area contributed by atoms with Crippen molar-refractivity contribution in [2.75, 3.05) is 19.8 Å². The molecule has 0 saturated carbocycles. The fourth-order valence-corrected chi connectivity index (χ4v) is 1.64. The number of aliphatic carboxylic acids is 1. The lowest BCUT2D eigenvalue weighted by Gasteiger charge is -2.14. The number of carbonyl (C=O) groups excluding carboxylic acids is 1. The Morgan fingerprint density at radius 2 is 2.33 bits per heavy atom. The van der Waals surface area contributed by atoms with E-state index in [0.29, 0.717) is 19.6 Å². The van der Waals surface area contributed by atoms with E-state index in [1.807, 2.05) is 0 Å². The quantitative estimate of drug-likeness (QED) is 0.540. The van der Waals surface area contributed by atoms with E-state index in [4.69, 9.17) is 14.6 Å². The van der Waals surface area contributed by atoms with Gasteiger partial charge in [-0.25, -0.2) is 0 Å². The van der Waals surface area contributed by atoms with E-state index >= 15 is 0 Å². The summed E-state index contributed by atoms with van der Waals surface area (Å²) < 4.78 is 9.85. The summed E-state index contributed by atoms with van der Waals surface area (Å²) in [6.45, 7) is 3.07. The highest BCUT2D eigenvalue weighted by Crippen LogP contribution is 2.22. The molecular weight excluding hydrogens is 200 g/mol. The third kappa shape index (κ3) is 3.51. The van der Waals surface area contributed by atoms with E-state index in [9.17, 15) is 9.59 Å². The molecular formula is C10H16O5. The minimum absolute atomic E-state index is 0.163. The summed E-state index contributed by atoms with van der Waals surface area (Å²) in [5, 5.41) is 8.89. The number of esters is 1. The number of carboxylic acid groups (broad SMARTS) is 1. The van der Waals surface area contributed by atoms with Crippen LogP contribution in [0.15, 0.2) is 0 Å². The van der Waals surface area contributed by atoms with E-state index in [1.165, 1.54) is 0 Å². The molecule has 1 fully saturated rings. The van der Waals surface area contributed by atoms with Crippen LogP contribution in [-0.2, 0) is 19.1 Å². The van der Waals surface area contributed by atoms with Gasteiger partial charge in [0.05, 0.1) is 6.61 Å². The van der Waals surface area contributed by atoms with Gasteiger partial charge in [-0.15, -0.1) is 0 Å². The highest BCUT2D eigenvalue weighted by Gasteiger charge is 2.32. The maximum Gasteiger partial charge on any atom is 0.320 e. The summed E-state index contributed by atoms with van der Waals surface area (Å²) in [6.07, 6.45) is 1.14. The van der Waals surface area contributed by atoms with Crippen molar-refractivity contribution in [2.24, 2.45) is 11.8 Å². The first-order valence-corrected chi connectivity index (χ1v) is 5.12. The molecule has 2 atom stereocenters. The first kappa shape index (κ1) is 12.0. The molecule has 0 aliphatic carbocycles. The smallest absolute Gasteiger partial charge is 0.320 e. The normalized spacial score (nSPS) is 22.3. The SMILES string of the molecule is CCOC(=O)C(CC1CCOC1)C(=O)O. The van der Waals surface area contributed by atoms with Crippen LogP contribution in [0, 0.1) is 11.8 Å². The van der Waals surface area contributed by atoms with Crippen molar-refractivity contribution in [1.82, 2.24) is 0 Å². The van der Waals surface area contributed by atoms with Crippen LogP contribution in [0.2, 0.25) is 0 Å². The molecule has 0 radical (unpaired) electrons. The Labute approximate surface area is 88.4 Å². The maximum atomic E-state index is 11.3. The zero-order chi connectivity index (χ0) is 11.3. The van der Waals surface area contributed by atoms with Gasteiger partial charge in [-0.2, -0.15) is 0 Å². The number of carboxylic acids is 1. The molecule has 0 aromatic carbocycles. The third-order valence-corrected chi connectivity index (χ3v) is 2.46. The van der Waals surface area contributed by atoms with Crippen LogP contribution in [0.3, 0.4) is 0 Å². The molecule has 1 aliphatic heterocycles. The molecule has 1 N–H and O–H groups in total. The molecule has 1 aliphatic rings. The van der Waals surface area contributed by atoms with Crippen LogP contribution in [0.25, 0.3) is 0 Å². The van der Waals surface area contributed by atoms with Gasteiger partial charge in [0.25, 0.3) is 0 Å². The number of hydrogen-bond donors (Lipinski definition) is 1. The zero-order valence-electron chi connectivity index (χ0n) is 8.77. The summed E-state index contributed by atoms with van der Waals surface area (Å²) in [6, 6.07) is 0. The van der Waals surface area contributed by atoms with Gasteiger partial charge >= 0.3 is 11.9 Å². The van der Waals surface area contributed by atoms with Gasteiger partial charge in [0.15, 0.2) is 5.92 Å². The topological polar surface area (TPSA) is 72.8 Å². The Bertz CT molecular complexity index is 232. The van der Waals surface area contributed by atoms with Crippen molar-refractivity contribution < 1.29 is 24.2 Å². The first-order chi connectivity index (χ1) is 7.15. The van der Waals surface area contributed by atoms with Crippen molar-refractivity contribution in [1.29, 1.82) is 0 Å². The van der Waals surface area contributed by atoms with E-state index < -0.39 is 17.9 Å². The highest BCUT2D eigenvalue weighted by atomic mass is 16.5. The van der Waals surface area contributed by atoms with Crippen molar-refractivity contribution in [2.45, 2.75) is 19.8 Å². The molecule has 2 unspecified atom stereocenters. The van der Waals surface area contributed by atoms with Gasteiger partial charge in [-0.1, -0.05) is 0 Å². The molecule has 0 aromatic heterocycles. The lowest BCUT2D eigenvalue weighted by molar-refractivity contribution is -0.159. The molecule has 15 heavy (non-hydrogen) atoms. The highest BCUT2D eigenvalue weighted by molar-refractivity contribution is 5.93. The van der Waals surface area contributed by atoms with Crippen LogP contribution >= 0.6 is 0 Å². The van der Waals surface area contributed by atoms with Crippen molar-refractivity contribution in [3.8, 4) is 0 Å². The summed E-state index contributed by atoms with van der Waals surface area (Å²) in [7, 11) is 0. The minimum Gasteiger partial charge on any atom is -0.481 e. The summed E-state index contributed by atoms with van der Waals surface area (Å²) in [5.74, 6) is -2.63. The van der Waals surface area contributed by atoms with E-state index in [1.54, 1.807) is 6.92 Å². The molecule has 0 amide bonds. The lowest BCUT2D eigenvalue weighted by atomic mass is 9.94. The lowest BCUT2D eigenvalue weighted by Crippen LogP contribution is -2.28. The van der Waals surface area contributed by atoms with Crippen LogP contribution in [0.4, 0.5) is 0 Å². The Balaban J connectivity index is 2.49. The molecule has 86 valence electrons. The Hall–Kier alpha value is -1.10. The Kier molecular flexibility index (Phi) is 4.55. The van der Waals surface area contributed by atoms with Crippen molar-refractivity contribution >= 4 is 11.9 Å². The first-order valence-electron chi connectivity index (χ1n) is 5.12. The van der Waals surface area contributed by atoms with Gasteiger partial charge in [0, 0.05) is 13.2 Å². The molecule has 0 aromatic rings. The van der Waals surface area contributed by atoms with E-state index in [0.717, 1.165) is 6.42 Å². The molecule has 5 nitrogen and oxygen atoms in total. The van der Waals surface area contributed by atoms with Crippen molar-refractivity contribution in [3.63, 3.8) is 0 Å². The molecule has 1 saturated heterocycles. The number of ether oxygens (including phenoxy) is 2. The van der Waals surface area contributed by atoms with Gasteiger partial charge in [0.2, 0.25) is 0 Å². The van der Waals surface area contributed by atoms with Gasteiger partial charge in [-0.3, -0.25) is 9.59 Å². The minimum atomic E-state index is -1.11. The maximum absolute atomic E-state index is 11.3. The molecule has 5 heteroatoms. The second kappa shape index (κ2) is 5.70. The van der Waals surface area contributed by atoms with Gasteiger partial charge < -0.3 is 14.6 Å². The van der Waals surface area contributed by atoms with E-state index in [-0.39, 0.29) is 12.5 Å². The van der Waals surface area contributed by atoms with Gasteiger partial charge in [0.1, 0.15) is 0 Å². The molecule has 1 heterocycles. The molecule has 0 spiro atoms. The largest absolute Gasteiger partial charge is 0.481 e. The number of rotatable bonds is 5.